The van der Waals surface area contributed by atoms with E-state index in [0.717, 1.165) is 44.3 Å². The monoisotopic (exact) mass is 372 g/mol. The van der Waals surface area contributed by atoms with Gasteiger partial charge in [0.1, 0.15) is 25.4 Å². The summed E-state index contributed by atoms with van der Waals surface area (Å²) in [5, 5.41) is 7.13. The van der Waals surface area contributed by atoms with Crippen LogP contribution in [-0.4, -0.2) is 38.5 Å². The summed E-state index contributed by atoms with van der Waals surface area (Å²) >= 11 is 5.43. The SMILES string of the molecule is COc1ccc(NC(=S)NCc2ccccc2C[NH+]2CCOCC2)cc1. The second-order valence-corrected chi connectivity index (χ2v) is 6.75. The summed E-state index contributed by atoms with van der Waals surface area (Å²) in [5.74, 6) is 0.828. The molecule has 0 bridgehead atoms. The summed E-state index contributed by atoms with van der Waals surface area (Å²) in [6.07, 6.45) is 0. The molecule has 0 spiro atoms. The first-order valence-electron chi connectivity index (χ1n) is 8.91. The fourth-order valence-electron chi connectivity index (χ4n) is 3.03. The predicted octanol–water partition coefficient (Wildman–Crippen LogP) is 1.60. The zero-order chi connectivity index (χ0) is 18.2. The van der Waals surface area contributed by atoms with Crippen LogP contribution in [0.5, 0.6) is 5.75 Å². The molecule has 1 saturated heterocycles. The highest BCUT2D eigenvalue weighted by molar-refractivity contribution is 7.80. The Bertz CT molecular complexity index is 715. The quantitative estimate of drug-likeness (QED) is 0.673. The van der Waals surface area contributed by atoms with E-state index in [1.807, 2.05) is 24.3 Å². The van der Waals surface area contributed by atoms with Gasteiger partial charge >= 0.3 is 0 Å². The van der Waals surface area contributed by atoms with Crippen LogP contribution in [0.15, 0.2) is 48.5 Å². The van der Waals surface area contributed by atoms with Crippen LogP contribution in [0.25, 0.3) is 0 Å². The van der Waals surface area contributed by atoms with Gasteiger partial charge in [-0.3, -0.25) is 0 Å². The number of morpholine rings is 1. The molecule has 1 aliphatic heterocycles. The molecule has 0 aromatic heterocycles. The lowest BCUT2D eigenvalue weighted by Gasteiger charge is -2.24. The zero-order valence-electron chi connectivity index (χ0n) is 15.1. The Morgan fingerprint density at radius 3 is 2.46 bits per heavy atom. The van der Waals surface area contributed by atoms with Crippen molar-refractivity contribution in [2.75, 3.05) is 38.7 Å². The van der Waals surface area contributed by atoms with Gasteiger partial charge in [-0.05, 0) is 42.0 Å². The summed E-state index contributed by atoms with van der Waals surface area (Å²) in [4.78, 5) is 1.57. The van der Waals surface area contributed by atoms with Crippen molar-refractivity contribution in [2.45, 2.75) is 13.1 Å². The smallest absolute Gasteiger partial charge is 0.171 e. The summed E-state index contributed by atoms with van der Waals surface area (Å²) in [6.45, 7) is 5.58. The van der Waals surface area contributed by atoms with E-state index in [1.54, 1.807) is 12.0 Å². The minimum Gasteiger partial charge on any atom is -0.497 e. The van der Waals surface area contributed by atoms with Crippen LogP contribution in [0.1, 0.15) is 11.1 Å². The number of nitrogens with one attached hydrogen (secondary N) is 3. The van der Waals surface area contributed by atoms with E-state index in [1.165, 1.54) is 11.1 Å². The topological polar surface area (TPSA) is 47.0 Å². The van der Waals surface area contributed by atoms with Crippen LogP contribution in [0.3, 0.4) is 0 Å². The first kappa shape index (κ1) is 18.6. The molecule has 0 saturated carbocycles. The number of hydrogen-bond acceptors (Lipinski definition) is 3. The molecule has 6 heteroatoms. The van der Waals surface area contributed by atoms with Crippen LogP contribution in [0.2, 0.25) is 0 Å². The van der Waals surface area contributed by atoms with Gasteiger partial charge in [0.05, 0.1) is 20.3 Å². The van der Waals surface area contributed by atoms with Crippen molar-refractivity contribution >= 4 is 23.0 Å². The molecule has 1 heterocycles. The number of methoxy groups -OCH3 is 1. The summed E-state index contributed by atoms with van der Waals surface area (Å²) in [7, 11) is 1.66. The predicted molar refractivity (Wildman–Crippen MR) is 108 cm³/mol. The van der Waals surface area contributed by atoms with Gasteiger partial charge in [0.25, 0.3) is 0 Å². The lowest BCUT2D eigenvalue weighted by Crippen LogP contribution is -3.12. The Kier molecular flexibility index (Phi) is 6.82. The highest BCUT2D eigenvalue weighted by Crippen LogP contribution is 2.15. The van der Waals surface area contributed by atoms with Gasteiger partial charge in [-0.2, -0.15) is 0 Å². The van der Waals surface area contributed by atoms with Gasteiger partial charge in [-0.15, -0.1) is 0 Å². The Morgan fingerprint density at radius 1 is 1.08 bits per heavy atom. The highest BCUT2D eigenvalue weighted by atomic mass is 32.1. The van der Waals surface area contributed by atoms with Crippen LogP contribution in [0, 0.1) is 0 Å². The number of anilines is 1. The van der Waals surface area contributed by atoms with Crippen molar-refractivity contribution in [2.24, 2.45) is 0 Å². The Labute approximate surface area is 160 Å². The molecular formula is C20H26N3O2S+. The fraction of sp³-hybridized carbons (Fsp3) is 0.350. The molecule has 0 amide bonds. The standard InChI is InChI=1S/C20H25N3O2S/c1-24-19-8-6-18(7-9-19)22-20(26)21-14-16-4-2-3-5-17(16)15-23-10-12-25-13-11-23/h2-9H,10-15H2,1H3,(H2,21,22,26)/p+1. The van der Waals surface area contributed by atoms with E-state index in [2.05, 4.69) is 34.9 Å². The molecule has 138 valence electrons. The highest BCUT2D eigenvalue weighted by Gasteiger charge is 2.15. The van der Waals surface area contributed by atoms with Crippen molar-refractivity contribution in [3.8, 4) is 5.75 Å². The van der Waals surface area contributed by atoms with Crippen molar-refractivity contribution < 1.29 is 14.4 Å². The van der Waals surface area contributed by atoms with E-state index in [-0.39, 0.29) is 0 Å². The molecule has 3 N–H and O–H groups in total. The Morgan fingerprint density at radius 2 is 1.77 bits per heavy atom. The third-order valence-corrected chi connectivity index (χ3v) is 4.79. The van der Waals surface area contributed by atoms with Gasteiger partial charge < -0.3 is 25.0 Å². The Balaban J connectivity index is 1.54. The third-order valence-electron chi connectivity index (χ3n) is 4.55. The van der Waals surface area contributed by atoms with Crippen LogP contribution in [0.4, 0.5) is 5.69 Å². The van der Waals surface area contributed by atoms with E-state index < -0.39 is 0 Å². The number of thiocarbonyl (C=S) groups is 1. The largest absolute Gasteiger partial charge is 0.497 e. The molecular weight excluding hydrogens is 346 g/mol. The van der Waals surface area contributed by atoms with Crippen molar-refractivity contribution in [3.05, 3.63) is 59.7 Å². The zero-order valence-corrected chi connectivity index (χ0v) is 15.9. The minimum absolute atomic E-state index is 0.615. The maximum atomic E-state index is 5.45. The van der Waals surface area contributed by atoms with Crippen LogP contribution in [-0.2, 0) is 17.8 Å². The molecule has 0 atom stereocenters. The van der Waals surface area contributed by atoms with E-state index in [9.17, 15) is 0 Å². The molecule has 0 aliphatic carbocycles. The number of benzene rings is 2. The molecule has 1 aliphatic rings. The first-order chi connectivity index (χ1) is 12.7. The minimum atomic E-state index is 0.615. The number of ether oxygens (including phenoxy) is 2. The van der Waals surface area contributed by atoms with Crippen LogP contribution >= 0.6 is 12.2 Å². The average molecular weight is 373 g/mol. The second-order valence-electron chi connectivity index (χ2n) is 6.34. The third kappa shape index (κ3) is 5.42. The summed E-state index contributed by atoms with van der Waals surface area (Å²) < 4.78 is 10.6. The molecule has 0 unspecified atom stereocenters. The summed E-state index contributed by atoms with van der Waals surface area (Å²) in [5.41, 5.74) is 3.59. The van der Waals surface area contributed by atoms with Crippen molar-refractivity contribution in [1.82, 2.24) is 5.32 Å². The molecule has 5 nitrogen and oxygen atoms in total. The van der Waals surface area contributed by atoms with E-state index >= 15 is 0 Å². The maximum absolute atomic E-state index is 5.45. The number of rotatable bonds is 6. The molecule has 2 aromatic rings. The molecule has 3 rings (SSSR count). The van der Waals surface area contributed by atoms with Gasteiger partial charge in [0.15, 0.2) is 5.11 Å². The van der Waals surface area contributed by atoms with E-state index in [0.29, 0.717) is 11.7 Å². The molecule has 0 radical (unpaired) electrons. The van der Waals surface area contributed by atoms with E-state index in [4.69, 9.17) is 21.7 Å². The van der Waals surface area contributed by atoms with Gasteiger partial charge in [0, 0.05) is 17.8 Å². The van der Waals surface area contributed by atoms with Crippen molar-refractivity contribution in [3.63, 3.8) is 0 Å². The normalized spacial score (nSPS) is 14.7. The van der Waals surface area contributed by atoms with Gasteiger partial charge in [0.2, 0.25) is 0 Å². The lowest BCUT2D eigenvalue weighted by molar-refractivity contribution is -0.921. The second kappa shape index (κ2) is 9.52. The molecule has 26 heavy (non-hydrogen) atoms. The van der Waals surface area contributed by atoms with Gasteiger partial charge in [-0.1, -0.05) is 24.3 Å². The first-order valence-corrected chi connectivity index (χ1v) is 9.32. The average Bonchev–Trinajstić information content (AvgIpc) is 2.69. The maximum Gasteiger partial charge on any atom is 0.171 e. The van der Waals surface area contributed by atoms with Crippen LogP contribution < -0.4 is 20.3 Å². The van der Waals surface area contributed by atoms with Gasteiger partial charge in [-0.25, -0.2) is 0 Å². The number of hydrogen-bond donors (Lipinski definition) is 3. The lowest BCUT2D eigenvalue weighted by atomic mass is 10.1. The molecule has 2 aromatic carbocycles. The number of quaternary nitrogens is 1. The fourth-order valence-corrected chi connectivity index (χ4v) is 3.22. The Hall–Kier alpha value is -2.15. The molecule has 1 fully saturated rings. The van der Waals surface area contributed by atoms with Crippen molar-refractivity contribution in [1.29, 1.82) is 0 Å². The summed E-state index contributed by atoms with van der Waals surface area (Å²) in [6, 6.07) is 16.3.